The third-order valence-corrected chi connectivity index (χ3v) is 7.28. The SMILES string of the molecule is C=CCOC(=O)N1c2cc(OCc3ccccc3)c(OC)cc2C(=O)N2CCC3(CC3)C[C@H]2C1O. The summed E-state index contributed by atoms with van der Waals surface area (Å²) in [5, 5.41) is 11.5. The number of fused-ring (bicyclic) bond motifs is 2. The first-order chi connectivity index (χ1) is 17.0. The van der Waals surface area contributed by atoms with Gasteiger partial charge in [-0.1, -0.05) is 43.0 Å². The second-order valence-electron chi connectivity index (χ2n) is 9.46. The van der Waals surface area contributed by atoms with E-state index in [1.165, 1.54) is 18.1 Å². The van der Waals surface area contributed by atoms with E-state index < -0.39 is 18.4 Å². The fraction of sp³-hybridized carbons (Fsp3) is 0.407. The van der Waals surface area contributed by atoms with Gasteiger partial charge in [-0.3, -0.25) is 4.79 Å². The third-order valence-electron chi connectivity index (χ3n) is 7.28. The molecule has 1 unspecified atom stereocenters. The van der Waals surface area contributed by atoms with Crippen LogP contribution >= 0.6 is 0 Å². The summed E-state index contributed by atoms with van der Waals surface area (Å²) in [5.74, 6) is 0.484. The van der Waals surface area contributed by atoms with Gasteiger partial charge in [-0.15, -0.1) is 0 Å². The molecule has 5 rings (SSSR count). The standard InChI is InChI=1S/C27H30N2O6/c1-3-13-34-26(32)29-20-15-23(35-17-18-7-5-4-6-8-18)22(33-2)14-19(20)24(30)28-12-11-27(9-10-27)16-21(28)25(29)31/h3-8,14-15,21,25,31H,1,9-13,16-17H2,2H3/t21-,25?/m0/s1. The second-order valence-corrected chi connectivity index (χ2v) is 9.46. The van der Waals surface area contributed by atoms with Gasteiger partial charge < -0.3 is 24.2 Å². The Morgan fingerprint density at radius 2 is 1.97 bits per heavy atom. The van der Waals surface area contributed by atoms with Gasteiger partial charge in [0.25, 0.3) is 5.91 Å². The highest BCUT2D eigenvalue weighted by Crippen LogP contribution is 2.56. The predicted octanol–water partition coefficient (Wildman–Crippen LogP) is 4.12. The number of ether oxygens (including phenoxy) is 3. The van der Waals surface area contributed by atoms with E-state index in [2.05, 4.69) is 6.58 Å². The highest BCUT2D eigenvalue weighted by atomic mass is 16.6. The van der Waals surface area contributed by atoms with Crippen molar-refractivity contribution < 1.29 is 28.9 Å². The fourth-order valence-corrected chi connectivity index (χ4v) is 5.13. The number of anilines is 1. The number of carbonyl (C=O) groups is 2. The van der Waals surface area contributed by atoms with Crippen LogP contribution in [0.15, 0.2) is 55.1 Å². The Labute approximate surface area is 204 Å². The van der Waals surface area contributed by atoms with Crippen molar-refractivity contribution >= 4 is 17.7 Å². The Morgan fingerprint density at radius 3 is 2.66 bits per heavy atom. The summed E-state index contributed by atoms with van der Waals surface area (Å²) >= 11 is 0. The Kier molecular flexibility index (Phi) is 6.15. The molecule has 1 saturated heterocycles. The summed E-state index contributed by atoms with van der Waals surface area (Å²) in [6.07, 6.45) is 3.16. The van der Waals surface area contributed by atoms with Crippen molar-refractivity contribution in [2.45, 2.75) is 44.6 Å². The summed E-state index contributed by atoms with van der Waals surface area (Å²) in [7, 11) is 1.50. The van der Waals surface area contributed by atoms with Crippen molar-refractivity contribution in [2.24, 2.45) is 5.41 Å². The van der Waals surface area contributed by atoms with Gasteiger partial charge in [0, 0.05) is 12.6 Å². The van der Waals surface area contributed by atoms with E-state index in [-0.39, 0.29) is 35.8 Å². The Balaban J connectivity index is 1.56. The Hall–Kier alpha value is -3.52. The van der Waals surface area contributed by atoms with Crippen LogP contribution in [0.5, 0.6) is 11.5 Å². The molecule has 8 heteroatoms. The first kappa shape index (κ1) is 23.2. The molecule has 184 valence electrons. The minimum absolute atomic E-state index is 0.0167. The molecule has 0 radical (unpaired) electrons. The van der Waals surface area contributed by atoms with Crippen molar-refractivity contribution in [3.05, 3.63) is 66.2 Å². The number of methoxy groups -OCH3 is 1. The average molecular weight is 479 g/mol. The van der Waals surface area contributed by atoms with Crippen LogP contribution in [-0.4, -0.2) is 54.5 Å². The zero-order valence-electron chi connectivity index (χ0n) is 19.8. The smallest absolute Gasteiger partial charge is 0.416 e. The Bertz CT molecular complexity index is 1130. The van der Waals surface area contributed by atoms with Crippen molar-refractivity contribution in [2.75, 3.05) is 25.2 Å². The van der Waals surface area contributed by atoms with Crippen LogP contribution in [-0.2, 0) is 11.3 Å². The highest BCUT2D eigenvalue weighted by molar-refractivity contribution is 6.06. The van der Waals surface area contributed by atoms with Crippen LogP contribution in [0.25, 0.3) is 0 Å². The number of aliphatic hydroxyl groups excluding tert-OH is 1. The number of amides is 2. The van der Waals surface area contributed by atoms with Gasteiger partial charge in [-0.25, -0.2) is 9.69 Å². The number of hydrogen-bond acceptors (Lipinski definition) is 6. The number of carbonyl (C=O) groups excluding carboxylic acids is 2. The van der Waals surface area contributed by atoms with Gasteiger partial charge in [0.05, 0.1) is 24.4 Å². The molecule has 2 fully saturated rings. The summed E-state index contributed by atoms with van der Waals surface area (Å²) in [5.41, 5.74) is 1.60. The maximum Gasteiger partial charge on any atom is 0.416 e. The van der Waals surface area contributed by atoms with Crippen LogP contribution in [0.4, 0.5) is 10.5 Å². The van der Waals surface area contributed by atoms with Gasteiger partial charge in [0.1, 0.15) is 13.2 Å². The lowest BCUT2D eigenvalue weighted by atomic mass is 9.87. The minimum atomic E-state index is -1.26. The fourth-order valence-electron chi connectivity index (χ4n) is 5.13. The largest absolute Gasteiger partial charge is 0.493 e. The number of hydrogen-bond donors (Lipinski definition) is 1. The molecule has 1 spiro atoms. The van der Waals surface area contributed by atoms with Crippen LogP contribution in [0.1, 0.15) is 41.6 Å². The third kappa shape index (κ3) is 4.34. The lowest BCUT2D eigenvalue weighted by molar-refractivity contribution is 0.00827. The van der Waals surface area contributed by atoms with Crippen molar-refractivity contribution in [3.8, 4) is 11.5 Å². The van der Waals surface area contributed by atoms with Gasteiger partial charge in [0.2, 0.25) is 0 Å². The van der Waals surface area contributed by atoms with Crippen LogP contribution < -0.4 is 14.4 Å². The molecule has 8 nitrogen and oxygen atoms in total. The van der Waals surface area contributed by atoms with Crippen LogP contribution in [0.2, 0.25) is 0 Å². The summed E-state index contributed by atoms with van der Waals surface area (Å²) in [6, 6.07) is 12.3. The van der Waals surface area contributed by atoms with Crippen molar-refractivity contribution in [3.63, 3.8) is 0 Å². The van der Waals surface area contributed by atoms with Gasteiger partial charge in [-0.05, 0) is 42.7 Å². The quantitative estimate of drug-likeness (QED) is 0.629. The molecule has 1 saturated carbocycles. The first-order valence-corrected chi connectivity index (χ1v) is 11.9. The number of aliphatic hydroxyl groups is 1. The zero-order valence-corrected chi connectivity index (χ0v) is 19.8. The van der Waals surface area contributed by atoms with Crippen LogP contribution in [0, 0.1) is 5.41 Å². The number of nitrogens with zero attached hydrogens (tertiary/aromatic N) is 2. The molecule has 2 aromatic rings. The van der Waals surface area contributed by atoms with E-state index in [0.29, 0.717) is 24.5 Å². The first-order valence-electron chi connectivity index (χ1n) is 11.9. The molecule has 1 aliphatic carbocycles. The van der Waals surface area contributed by atoms with E-state index in [0.717, 1.165) is 24.8 Å². The maximum atomic E-state index is 13.7. The summed E-state index contributed by atoms with van der Waals surface area (Å²) < 4.78 is 16.9. The number of piperidine rings is 1. The zero-order chi connectivity index (χ0) is 24.6. The van der Waals surface area contributed by atoms with E-state index >= 15 is 0 Å². The van der Waals surface area contributed by atoms with E-state index in [1.807, 2.05) is 30.3 Å². The molecule has 0 aromatic heterocycles. The molecule has 2 atom stereocenters. The van der Waals surface area contributed by atoms with Gasteiger partial charge >= 0.3 is 6.09 Å². The van der Waals surface area contributed by atoms with Crippen molar-refractivity contribution in [1.29, 1.82) is 0 Å². The number of rotatable bonds is 6. The van der Waals surface area contributed by atoms with Crippen molar-refractivity contribution in [1.82, 2.24) is 4.90 Å². The van der Waals surface area contributed by atoms with Crippen LogP contribution in [0.3, 0.4) is 0 Å². The lowest BCUT2D eigenvalue weighted by Gasteiger charge is -2.42. The molecule has 1 N–H and O–H groups in total. The second kappa shape index (κ2) is 9.26. The predicted molar refractivity (Wildman–Crippen MR) is 130 cm³/mol. The number of benzene rings is 2. The maximum absolute atomic E-state index is 13.7. The molecule has 35 heavy (non-hydrogen) atoms. The average Bonchev–Trinajstić information content (AvgIpc) is 3.65. The molecular weight excluding hydrogens is 448 g/mol. The molecule has 2 aliphatic heterocycles. The Morgan fingerprint density at radius 1 is 1.20 bits per heavy atom. The lowest BCUT2D eigenvalue weighted by Crippen LogP contribution is -2.56. The highest BCUT2D eigenvalue weighted by Gasteiger charge is 2.54. The van der Waals surface area contributed by atoms with Gasteiger partial charge in [-0.2, -0.15) is 0 Å². The van der Waals surface area contributed by atoms with E-state index in [9.17, 15) is 14.7 Å². The minimum Gasteiger partial charge on any atom is -0.493 e. The molecule has 0 bridgehead atoms. The molecule has 3 aliphatic rings. The van der Waals surface area contributed by atoms with E-state index in [1.54, 1.807) is 17.0 Å². The molecule has 2 heterocycles. The van der Waals surface area contributed by atoms with E-state index in [4.69, 9.17) is 14.2 Å². The van der Waals surface area contributed by atoms with Gasteiger partial charge in [0.15, 0.2) is 17.7 Å². The monoisotopic (exact) mass is 478 g/mol. The normalized spacial score (nSPS) is 22.1. The summed E-state index contributed by atoms with van der Waals surface area (Å²) in [6.45, 7) is 4.38. The molecule has 2 amide bonds. The summed E-state index contributed by atoms with van der Waals surface area (Å²) in [4.78, 5) is 29.8. The molecule has 2 aromatic carbocycles. The topological polar surface area (TPSA) is 88.5 Å². The molecular formula is C27H30N2O6.